The number of hydroxylamine groups is 1. The maximum atomic E-state index is 13.0. The van der Waals surface area contributed by atoms with Crippen molar-refractivity contribution in [3.05, 3.63) is 67.9 Å². The van der Waals surface area contributed by atoms with Gasteiger partial charge in [0.05, 0.1) is 31.1 Å². The Hall–Kier alpha value is -2.58. The van der Waals surface area contributed by atoms with Crippen LogP contribution >= 0.6 is 23.8 Å². The fourth-order valence-electron chi connectivity index (χ4n) is 4.03. The molecule has 13 nitrogen and oxygen atoms in total. The highest BCUT2D eigenvalue weighted by molar-refractivity contribution is 9.11. The molecule has 1 fully saturated rings. The number of H-pyrrole nitrogens is 1. The molecule has 0 saturated carbocycles. The standard InChI is InChI=1S/C24H31BrN3O10P/c1-15(2)11-18(28(35-3)17-7-5-4-6-8-17)23(31)38-39(33,34)36-14-20-19(29)12-21(37-20)27-13-16(9-10-25)22(30)26-24(27)32/h4-10,13,15,18-21,29H,11-12,14H2,1-3H3,(H,33,34)(H,26,30,32)/b10-9+/t18-,19-,20+,21+/m0/s1. The Morgan fingerprint density at radius 3 is 2.64 bits per heavy atom. The number of nitrogens with one attached hydrogen (secondary N) is 1. The van der Waals surface area contributed by atoms with Crippen molar-refractivity contribution in [1.29, 1.82) is 0 Å². The van der Waals surface area contributed by atoms with Crippen molar-refractivity contribution in [3.63, 3.8) is 0 Å². The molecule has 3 rings (SSSR count). The molecule has 2 aromatic rings. The lowest BCUT2D eigenvalue weighted by atomic mass is 10.0. The van der Waals surface area contributed by atoms with Gasteiger partial charge in [0.2, 0.25) is 0 Å². The van der Waals surface area contributed by atoms with Crippen LogP contribution in [0.2, 0.25) is 0 Å². The third-order valence-electron chi connectivity index (χ3n) is 5.82. The lowest BCUT2D eigenvalue weighted by Gasteiger charge is -2.31. The van der Waals surface area contributed by atoms with E-state index in [1.54, 1.807) is 30.3 Å². The van der Waals surface area contributed by atoms with Gasteiger partial charge in [0, 0.05) is 12.6 Å². The van der Waals surface area contributed by atoms with Crippen LogP contribution in [-0.4, -0.2) is 57.5 Å². The summed E-state index contributed by atoms with van der Waals surface area (Å²) >= 11 is 3.06. The van der Waals surface area contributed by atoms with Gasteiger partial charge in [-0.05, 0) is 35.5 Å². The van der Waals surface area contributed by atoms with Crippen LogP contribution in [0.4, 0.5) is 5.69 Å². The fourth-order valence-corrected chi connectivity index (χ4v) is 5.05. The zero-order valence-corrected chi connectivity index (χ0v) is 24.0. The van der Waals surface area contributed by atoms with Crippen molar-refractivity contribution in [2.75, 3.05) is 18.8 Å². The van der Waals surface area contributed by atoms with Gasteiger partial charge in [-0.2, -0.15) is 0 Å². The molecule has 15 heteroatoms. The Kier molecular flexibility index (Phi) is 10.8. The minimum atomic E-state index is -4.94. The van der Waals surface area contributed by atoms with Gasteiger partial charge in [0.25, 0.3) is 5.56 Å². The molecule has 2 heterocycles. The molecule has 1 aromatic carbocycles. The molecule has 1 saturated heterocycles. The Bertz CT molecular complexity index is 1320. The van der Waals surface area contributed by atoms with Crippen molar-refractivity contribution < 1.29 is 38.0 Å². The molecule has 214 valence electrons. The highest BCUT2D eigenvalue weighted by Crippen LogP contribution is 2.45. The first-order valence-electron chi connectivity index (χ1n) is 12.0. The molecule has 0 radical (unpaired) electrons. The molecule has 1 aliphatic heterocycles. The third-order valence-corrected chi connectivity index (χ3v) is 6.97. The number of halogens is 1. The molecule has 0 spiro atoms. The third kappa shape index (κ3) is 8.21. The molecule has 0 bridgehead atoms. The zero-order chi connectivity index (χ0) is 28.7. The average Bonchev–Trinajstić information content (AvgIpc) is 3.24. The largest absolute Gasteiger partial charge is 0.529 e. The van der Waals surface area contributed by atoms with Crippen LogP contribution in [0, 0.1) is 5.92 Å². The molecular formula is C24H31BrN3O10P. The number of anilines is 1. The number of aliphatic hydroxyl groups is 1. The maximum Gasteiger partial charge on any atom is 0.529 e. The summed E-state index contributed by atoms with van der Waals surface area (Å²) in [5.74, 6) is -1.04. The second-order valence-electron chi connectivity index (χ2n) is 9.14. The summed E-state index contributed by atoms with van der Waals surface area (Å²) in [6, 6.07) is 7.65. The van der Waals surface area contributed by atoms with Gasteiger partial charge in [-0.25, -0.2) is 19.2 Å². The van der Waals surface area contributed by atoms with Crippen LogP contribution in [0.25, 0.3) is 6.08 Å². The number of hydrogen-bond acceptors (Lipinski definition) is 10. The smallest absolute Gasteiger partial charge is 0.390 e. The van der Waals surface area contributed by atoms with E-state index in [1.807, 2.05) is 13.8 Å². The number of ether oxygens (including phenoxy) is 1. The number of para-hydroxylation sites is 1. The van der Waals surface area contributed by atoms with E-state index in [0.29, 0.717) is 5.69 Å². The summed E-state index contributed by atoms with van der Waals surface area (Å²) in [7, 11) is -3.58. The number of aromatic nitrogens is 2. The monoisotopic (exact) mass is 631 g/mol. The quantitative estimate of drug-likeness (QED) is 0.232. The maximum absolute atomic E-state index is 13.0. The summed E-state index contributed by atoms with van der Waals surface area (Å²) in [5.41, 5.74) is -0.669. The number of aliphatic hydroxyl groups excluding tert-OH is 1. The summed E-state index contributed by atoms with van der Waals surface area (Å²) in [5, 5.41) is 11.7. The van der Waals surface area contributed by atoms with Crippen molar-refractivity contribution in [2.24, 2.45) is 5.92 Å². The number of carbonyl (C=O) groups excluding carboxylic acids is 1. The molecule has 0 aliphatic carbocycles. The fraction of sp³-hybridized carbons (Fsp3) is 0.458. The summed E-state index contributed by atoms with van der Waals surface area (Å²) < 4.78 is 29.3. The predicted octanol–water partition coefficient (Wildman–Crippen LogP) is 2.69. The van der Waals surface area contributed by atoms with Gasteiger partial charge in [0.15, 0.2) is 6.04 Å². The van der Waals surface area contributed by atoms with Crippen molar-refractivity contribution >= 4 is 41.5 Å². The molecule has 3 N–H and O–H groups in total. The van der Waals surface area contributed by atoms with Crippen molar-refractivity contribution in [3.8, 4) is 0 Å². The number of benzene rings is 1. The SMILES string of the molecule is CON(c1ccccc1)[C@@H](CC(C)C)C(=O)OP(=O)(O)OC[C@H]1O[C@@H](n2cc(/C=C/Br)c(=O)[nH]c2=O)C[C@@H]1O. The van der Waals surface area contributed by atoms with E-state index < -0.39 is 56.1 Å². The van der Waals surface area contributed by atoms with Crippen LogP contribution < -0.4 is 16.3 Å². The van der Waals surface area contributed by atoms with E-state index >= 15 is 0 Å². The lowest BCUT2D eigenvalue weighted by molar-refractivity contribution is -0.140. The molecule has 1 aromatic heterocycles. The number of nitrogens with zero attached hydrogens (tertiary/aromatic N) is 2. The summed E-state index contributed by atoms with van der Waals surface area (Å²) in [4.78, 5) is 56.5. The highest BCUT2D eigenvalue weighted by atomic mass is 79.9. The number of carbonyl (C=O) groups is 1. The van der Waals surface area contributed by atoms with Gasteiger partial charge >= 0.3 is 19.5 Å². The number of hydrogen-bond donors (Lipinski definition) is 3. The van der Waals surface area contributed by atoms with Gasteiger partial charge < -0.3 is 14.4 Å². The Morgan fingerprint density at radius 2 is 2.03 bits per heavy atom. The predicted molar refractivity (Wildman–Crippen MR) is 145 cm³/mol. The van der Waals surface area contributed by atoms with E-state index in [-0.39, 0.29) is 24.3 Å². The van der Waals surface area contributed by atoms with E-state index in [1.165, 1.54) is 29.4 Å². The molecule has 1 aliphatic rings. The van der Waals surface area contributed by atoms with Crippen LogP contribution in [0.15, 0.2) is 51.1 Å². The first kappa shape index (κ1) is 31.0. The van der Waals surface area contributed by atoms with E-state index in [4.69, 9.17) is 18.6 Å². The Labute approximate surface area is 232 Å². The normalized spacial score (nSPS) is 21.7. The second kappa shape index (κ2) is 13.7. The van der Waals surface area contributed by atoms with Gasteiger partial charge in [0.1, 0.15) is 12.3 Å². The van der Waals surface area contributed by atoms with Crippen LogP contribution in [0.5, 0.6) is 0 Å². The molecule has 0 amide bonds. The minimum Gasteiger partial charge on any atom is -0.390 e. The van der Waals surface area contributed by atoms with Gasteiger partial charge in [-0.1, -0.05) is 48.0 Å². The van der Waals surface area contributed by atoms with Crippen LogP contribution in [0.1, 0.15) is 38.5 Å². The molecule has 5 atom stereocenters. The molecular weight excluding hydrogens is 601 g/mol. The van der Waals surface area contributed by atoms with Gasteiger partial charge in [-0.15, -0.1) is 0 Å². The Morgan fingerprint density at radius 1 is 1.33 bits per heavy atom. The first-order valence-corrected chi connectivity index (χ1v) is 14.4. The Balaban J connectivity index is 1.68. The summed E-state index contributed by atoms with van der Waals surface area (Å²) in [6.45, 7) is 3.12. The van der Waals surface area contributed by atoms with Crippen molar-refractivity contribution in [1.82, 2.24) is 9.55 Å². The van der Waals surface area contributed by atoms with Gasteiger partial charge in [-0.3, -0.25) is 28.6 Å². The molecule has 39 heavy (non-hydrogen) atoms. The zero-order valence-electron chi connectivity index (χ0n) is 21.5. The van der Waals surface area contributed by atoms with Crippen molar-refractivity contribution in [2.45, 2.75) is 51.2 Å². The highest BCUT2D eigenvalue weighted by Gasteiger charge is 2.40. The topological polar surface area (TPSA) is 170 Å². The minimum absolute atomic E-state index is 0.00346. The lowest BCUT2D eigenvalue weighted by Crippen LogP contribution is -2.42. The van der Waals surface area contributed by atoms with Crippen LogP contribution in [0.3, 0.4) is 0 Å². The second-order valence-corrected chi connectivity index (χ2v) is 11.0. The summed E-state index contributed by atoms with van der Waals surface area (Å²) in [6.07, 6.45) is -0.437. The molecule has 1 unspecified atom stereocenters. The first-order chi connectivity index (χ1) is 18.5. The van der Waals surface area contributed by atoms with E-state index in [2.05, 4.69) is 20.9 Å². The number of aromatic amines is 1. The van der Waals surface area contributed by atoms with Crippen LogP contribution in [-0.2, 0) is 28.0 Å². The number of rotatable bonds is 12. The number of phosphoric acid groups is 1. The van der Waals surface area contributed by atoms with E-state index in [9.17, 15) is 28.9 Å². The average molecular weight is 632 g/mol. The number of phosphoric ester groups is 1. The van der Waals surface area contributed by atoms with E-state index in [0.717, 1.165) is 4.57 Å².